The predicted octanol–water partition coefficient (Wildman–Crippen LogP) is 3.69. The molecule has 0 bridgehead atoms. The molecule has 6 nitrogen and oxygen atoms in total. The Morgan fingerprint density at radius 1 is 1.17 bits per heavy atom. The van der Waals surface area contributed by atoms with Crippen molar-refractivity contribution in [2.75, 3.05) is 25.0 Å². The molecular weight excluding hydrogens is 409 g/mol. The molecule has 0 aromatic heterocycles. The van der Waals surface area contributed by atoms with Gasteiger partial charge < -0.3 is 20.4 Å². The van der Waals surface area contributed by atoms with Crippen molar-refractivity contribution in [1.82, 2.24) is 10.2 Å². The molecule has 2 aromatic rings. The molecule has 0 spiro atoms. The maximum absolute atomic E-state index is 14.6. The van der Waals surface area contributed by atoms with Gasteiger partial charge in [0.1, 0.15) is 30.1 Å². The lowest BCUT2D eigenvalue weighted by Gasteiger charge is -2.24. The number of carbonyl (C=O) groups is 1. The van der Waals surface area contributed by atoms with Crippen LogP contribution < -0.4 is 10.6 Å². The number of amides is 2. The summed E-state index contributed by atoms with van der Waals surface area (Å²) in [5, 5.41) is 8.99. The van der Waals surface area contributed by atoms with Crippen molar-refractivity contribution in [2.45, 2.75) is 12.0 Å². The van der Waals surface area contributed by atoms with Gasteiger partial charge in [-0.2, -0.15) is 0 Å². The molecule has 4 rings (SSSR count). The fourth-order valence-electron chi connectivity index (χ4n) is 3.50. The van der Waals surface area contributed by atoms with Gasteiger partial charge >= 0.3 is 6.03 Å². The number of benzene rings is 2. The average Bonchev–Trinajstić information content (AvgIpc) is 3.05. The number of hydrogen-bond acceptors (Lipinski definition) is 4. The average molecular weight is 425 g/mol. The Bertz CT molecular complexity index is 971. The highest BCUT2D eigenvalue weighted by molar-refractivity contribution is 6.30. The van der Waals surface area contributed by atoms with Gasteiger partial charge in [0.05, 0.1) is 11.6 Å². The minimum atomic E-state index is -0.758. The van der Waals surface area contributed by atoms with Crippen molar-refractivity contribution in [3.63, 3.8) is 0 Å². The highest BCUT2D eigenvalue weighted by atomic mass is 35.5. The first-order chi connectivity index (χ1) is 13.9. The molecule has 0 radical (unpaired) electrons. The summed E-state index contributed by atoms with van der Waals surface area (Å²) in [5.74, 6) is -2.04. The molecule has 2 amide bonds. The molecular formula is C19H16ClF3N4O2. The van der Waals surface area contributed by atoms with Crippen LogP contribution in [0.4, 0.5) is 23.7 Å². The topological polar surface area (TPSA) is 66.0 Å². The summed E-state index contributed by atoms with van der Waals surface area (Å²) in [6.45, 7) is 1.18. The number of anilines is 1. The van der Waals surface area contributed by atoms with E-state index >= 15 is 0 Å². The van der Waals surface area contributed by atoms with E-state index in [0.717, 1.165) is 12.1 Å². The Balaban J connectivity index is 1.60. The Morgan fingerprint density at radius 2 is 1.93 bits per heavy atom. The lowest BCUT2D eigenvalue weighted by Crippen LogP contribution is -2.47. The predicted molar refractivity (Wildman–Crippen MR) is 101 cm³/mol. The minimum absolute atomic E-state index is 0.0797. The standard InChI is InChI=1S/C19H16ClF3N4O2/c20-14-8-15(22)12(7-16(14)23)13-9-27-5-6-29-26-18(27)17(13)25-19(28)24-11-3-1-10(21)2-4-11/h1-4,7-8,13,17H,5-6,9H2,(H2,24,25,28)/t13-,17-/m0/s1. The first kappa shape index (κ1) is 19.4. The zero-order valence-corrected chi connectivity index (χ0v) is 15.7. The second-order valence-electron chi connectivity index (χ2n) is 6.71. The third kappa shape index (κ3) is 3.95. The lowest BCUT2D eigenvalue weighted by atomic mass is 9.93. The molecule has 0 saturated carbocycles. The van der Waals surface area contributed by atoms with Gasteiger partial charge in [-0.3, -0.25) is 0 Å². The van der Waals surface area contributed by atoms with E-state index in [1.54, 1.807) is 0 Å². The Hall–Kier alpha value is -2.94. The fraction of sp³-hybridized carbons (Fsp3) is 0.263. The quantitative estimate of drug-likeness (QED) is 0.738. The van der Waals surface area contributed by atoms with Crippen LogP contribution in [0.5, 0.6) is 0 Å². The van der Waals surface area contributed by atoms with Gasteiger partial charge in [0, 0.05) is 18.2 Å². The number of nitrogens with zero attached hydrogens (tertiary/aromatic N) is 2. The van der Waals surface area contributed by atoms with Crippen molar-refractivity contribution in [2.24, 2.45) is 5.16 Å². The van der Waals surface area contributed by atoms with Gasteiger partial charge in [-0.15, -0.1) is 0 Å². The molecule has 152 valence electrons. The largest absolute Gasteiger partial charge is 0.392 e. The molecule has 2 aromatic carbocycles. The number of rotatable bonds is 3. The van der Waals surface area contributed by atoms with Crippen LogP contribution in [0.3, 0.4) is 0 Å². The van der Waals surface area contributed by atoms with Crippen molar-refractivity contribution in [3.05, 3.63) is 64.4 Å². The van der Waals surface area contributed by atoms with Crippen LogP contribution in [-0.4, -0.2) is 42.5 Å². The Morgan fingerprint density at radius 3 is 2.69 bits per heavy atom. The molecule has 29 heavy (non-hydrogen) atoms. The van der Waals surface area contributed by atoms with Crippen molar-refractivity contribution in [3.8, 4) is 0 Å². The monoisotopic (exact) mass is 424 g/mol. The number of nitrogens with one attached hydrogen (secondary N) is 2. The summed E-state index contributed by atoms with van der Waals surface area (Å²) in [6.07, 6.45) is 0. The van der Waals surface area contributed by atoms with E-state index in [9.17, 15) is 18.0 Å². The third-order valence-corrected chi connectivity index (χ3v) is 5.15. The van der Waals surface area contributed by atoms with Crippen LogP contribution in [0.25, 0.3) is 0 Å². The highest BCUT2D eigenvalue weighted by Crippen LogP contribution is 2.34. The van der Waals surface area contributed by atoms with E-state index in [1.807, 2.05) is 4.90 Å². The number of amidine groups is 1. The maximum atomic E-state index is 14.6. The third-order valence-electron chi connectivity index (χ3n) is 4.86. The van der Waals surface area contributed by atoms with Crippen LogP contribution >= 0.6 is 11.6 Å². The van der Waals surface area contributed by atoms with Crippen LogP contribution in [0.15, 0.2) is 41.6 Å². The van der Waals surface area contributed by atoms with Crippen molar-refractivity contribution < 1.29 is 22.8 Å². The van der Waals surface area contributed by atoms with Crippen molar-refractivity contribution >= 4 is 29.2 Å². The summed E-state index contributed by atoms with van der Waals surface area (Å²) in [4.78, 5) is 19.5. The van der Waals surface area contributed by atoms with E-state index in [0.29, 0.717) is 31.2 Å². The van der Waals surface area contributed by atoms with Gasteiger partial charge in [0.15, 0.2) is 5.84 Å². The van der Waals surface area contributed by atoms with Crippen LogP contribution in [0.1, 0.15) is 11.5 Å². The fourth-order valence-corrected chi connectivity index (χ4v) is 3.65. The number of carbonyl (C=O) groups excluding carboxylic acids is 1. The number of fused-ring (bicyclic) bond motifs is 1. The van der Waals surface area contributed by atoms with E-state index < -0.39 is 35.4 Å². The molecule has 1 fully saturated rings. The van der Waals surface area contributed by atoms with Gasteiger partial charge in [0.25, 0.3) is 0 Å². The second-order valence-corrected chi connectivity index (χ2v) is 7.11. The molecule has 2 N–H and O–H groups in total. The molecule has 10 heteroatoms. The van der Waals surface area contributed by atoms with Crippen LogP contribution in [0.2, 0.25) is 5.02 Å². The van der Waals surface area contributed by atoms with Crippen LogP contribution in [0, 0.1) is 17.5 Å². The summed E-state index contributed by atoms with van der Waals surface area (Å²) >= 11 is 5.66. The molecule has 2 aliphatic rings. The van der Waals surface area contributed by atoms with E-state index in [4.69, 9.17) is 16.4 Å². The highest BCUT2D eigenvalue weighted by Gasteiger charge is 2.43. The van der Waals surface area contributed by atoms with E-state index in [1.165, 1.54) is 24.3 Å². The smallest absolute Gasteiger partial charge is 0.319 e. The molecule has 1 saturated heterocycles. The summed E-state index contributed by atoms with van der Waals surface area (Å²) < 4.78 is 41.6. The zero-order chi connectivity index (χ0) is 20.5. The first-order valence-electron chi connectivity index (χ1n) is 8.84. The zero-order valence-electron chi connectivity index (χ0n) is 15.0. The normalized spacial score (nSPS) is 20.6. The maximum Gasteiger partial charge on any atom is 0.319 e. The molecule has 2 heterocycles. The van der Waals surface area contributed by atoms with Crippen LogP contribution in [-0.2, 0) is 4.84 Å². The lowest BCUT2D eigenvalue weighted by molar-refractivity contribution is 0.106. The summed E-state index contributed by atoms with van der Waals surface area (Å²) in [6, 6.07) is 5.82. The van der Waals surface area contributed by atoms with Gasteiger partial charge in [0.2, 0.25) is 0 Å². The number of urea groups is 1. The Kier molecular flexibility index (Phi) is 5.23. The summed E-state index contributed by atoms with van der Waals surface area (Å²) in [5.41, 5.74) is 0.455. The molecule has 2 aliphatic heterocycles. The molecule has 0 aliphatic carbocycles. The minimum Gasteiger partial charge on any atom is -0.392 e. The SMILES string of the molecule is O=C(Nc1ccc(F)cc1)N[C@@H]1C2=NOCCN2C[C@H]1c1cc(F)c(Cl)cc1F. The van der Waals surface area contributed by atoms with Gasteiger partial charge in [-0.25, -0.2) is 18.0 Å². The molecule has 2 atom stereocenters. The van der Waals surface area contributed by atoms with Crippen molar-refractivity contribution in [1.29, 1.82) is 0 Å². The van der Waals surface area contributed by atoms with E-state index in [2.05, 4.69) is 15.8 Å². The van der Waals surface area contributed by atoms with E-state index in [-0.39, 0.29) is 10.6 Å². The Labute approximate surface area is 169 Å². The van der Waals surface area contributed by atoms with Gasteiger partial charge in [-0.1, -0.05) is 16.8 Å². The molecule has 0 unspecified atom stereocenters. The number of hydrogen-bond donors (Lipinski definition) is 2. The first-order valence-corrected chi connectivity index (χ1v) is 9.22. The summed E-state index contributed by atoms with van der Waals surface area (Å²) in [7, 11) is 0. The number of oxime groups is 1. The number of halogens is 4. The second kappa shape index (κ2) is 7.82. The van der Waals surface area contributed by atoms with Gasteiger partial charge in [-0.05, 0) is 42.0 Å².